The van der Waals surface area contributed by atoms with Crippen LogP contribution >= 0.6 is 0 Å². The molecule has 0 aliphatic rings. The third kappa shape index (κ3) is 4.13. The maximum Gasteiger partial charge on any atom is 0.125 e. The maximum absolute atomic E-state index is 5.44. The molecule has 0 bridgehead atoms. The van der Waals surface area contributed by atoms with E-state index >= 15 is 0 Å². The summed E-state index contributed by atoms with van der Waals surface area (Å²) in [5.74, 6) is 1.81. The molecule has 1 N–H and O–H groups in total. The van der Waals surface area contributed by atoms with E-state index in [-0.39, 0.29) is 5.41 Å². The minimum Gasteiger partial charge on any atom is -0.496 e. The molecule has 0 aliphatic carbocycles. The molecule has 0 heterocycles. The summed E-state index contributed by atoms with van der Waals surface area (Å²) in [5.41, 5.74) is 1.39. The number of hydrogen-bond acceptors (Lipinski definition) is 3. The zero-order chi connectivity index (χ0) is 14.5. The molecule has 1 atom stereocenters. The lowest BCUT2D eigenvalue weighted by Crippen LogP contribution is -2.38. The summed E-state index contributed by atoms with van der Waals surface area (Å²) in [6, 6.07) is 6.40. The van der Waals surface area contributed by atoms with E-state index in [1.165, 1.54) is 0 Å². The van der Waals surface area contributed by atoms with Crippen molar-refractivity contribution in [3.05, 3.63) is 23.8 Å². The number of benzene rings is 1. The van der Waals surface area contributed by atoms with Crippen LogP contribution in [0.15, 0.2) is 18.2 Å². The van der Waals surface area contributed by atoms with Gasteiger partial charge in [-0.05, 0) is 37.4 Å². The Hall–Kier alpha value is -1.22. The molecule has 0 spiro atoms. The predicted octanol–water partition coefficient (Wildman–Crippen LogP) is 3.27. The Kier molecular flexibility index (Phi) is 5.67. The van der Waals surface area contributed by atoms with Crippen LogP contribution in [0.25, 0.3) is 0 Å². The van der Waals surface area contributed by atoms with Crippen molar-refractivity contribution in [3.63, 3.8) is 0 Å². The van der Waals surface area contributed by atoms with Crippen molar-refractivity contribution < 1.29 is 9.47 Å². The van der Waals surface area contributed by atoms with Crippen molar-refractivity contribution in [2.75, 3.05) is 21.3 Å². The summed E-state index contributed by atoms with van der Waals surface area (Å²) in [5, 5.41) is 3.41. The average molecular weight is 265 g/mol. The number of nitrogens with one attached hydrogen (secondary N) is 1. The molecule has 1 unspecified atom stereocenters. The highest BCUT2D eigenvalue weighted by molar-refractivity contribution is 5.44. The van der Waals surface area contributed by atoms with Crippen molar-refractivity contribution in [3.8, 4) is 11.5 Å². The second-order valence-electron chi connectivity index (χ2n) is 5.89. The molecule has 1 aromatic carbocycles. The van der Waals surface area contributed by atoms with Gasteiger partial charge < -0.3 is 14.8 Å². The monoisotopic (exact) mass is 265 g/mol. The normalized spacial score (nSPS) is 13.2. The van der Waals surface area contributed by atoms with Crippen LogP contribution in [-0.4, -0.2) is 27.3 Å². The lowest BCUT2D eigenvalue weighted by Gasteiger charge is -2.30. The molecule has 0 fully saturated rings. The molecule has 0 radical (unpaired) electrons. The van der Waals surface area contributed by atoms with Crippen LogP contribution in [0, 0.1) is 5.41 Å². The zero-order valence-electron chi connectivity index (χ0n) is 13.0. The van der Waals surface area contributed by atoms with E-state index < -0.39 is 0 Å². The first-order valence-electron chi connectivity index (χ1n) is 6.81. The highest BCUT2D eigenvalue weighted by Crippen LogP contribution is 2.31. The molecule has 3 nitrogen and oxygen atoms in total. The summed E-state index contributed by atoms with van der Waals surface area (Å²) in [6.45, 7) is 6.77. The second-order valence-corrected chi connectivity index (χ2v) is 5.89. The van der Waals surface area contributed by atoms with Crippen LogP contribution in [0.3, 0.4) is 0 Å². The van der Waals surface area contributed by atoms with Crippen LogP contribution in [0.4, 0.5) is 0 Å². The first-order valence-corrected chi connectivity index (χ1v) is 6.81. The van der Waals surface area contributed by atoms with Crippen molar-refractivity contribution >= 4 is 0 Å². The largest absolute Gasteiger partial charge is 0.496 e. The summed E-state index contributed by atoms with van der Waals surface area (Å²) in [7, 11) is 5.44. The second kappa shape index (κ2) is 6.80. The first-order chi connectivity index (χ1) is 8.93. The van der Waals surface area contributed by atoms with E-state index in [1.807, 2.05) is 25.2 Å². The van der Waals surface area contributed by atoms with E-state index in [2.05, 4.69) is 26.1 Å². The van der Waals surface area contributed by atoms with E-state index in [9.17, 15) is 0 Å². The quantitative estimate of drug-likeness (QED) is 0.856. The summed E-state index contributed by atoms with van der Waals surface area (Å²) >= 11 is 0. The maximum atomic E-state index is 5.44. The van der Waals surface area contributed by atoms with Crippen molar-refractivity contribution in [2.45, 2.75) is 39.7 Å². The van der Waals surface area contributed by atoms with Crippen LogP contribution in [-0.2, 0) is 6.42 Å². The van der Waals surface area contributed by atoms with Gasteiger partial charge in [0.05, 0.1) is 14.2 Å². The van der Waals surface area contributed by atoms with Gasteiger partial charge in [0.25, 0.3) is 0 Å². The highest BCUT2D eigenvalue weighted by Gasteiger charge is 2.23. The van der Waals surface area contributed by atoms with Gasteiger partial charge in [-0.15, -0.1) is 0 Å². The molecular weight excluding hydrogens is 238 g/mol. The lowest BCUT2D eigenvalue weighted by molar-refractivity contribution is 0.266. The molecule has 108 valence electrons. The Morgan fingerprint density at radius 2 is 1.63 bits per heavy atom. The van der Waals surface area contributed by atoms with E-state index in [4.69, 9.17) is 9.47 Å². The standard InChI is InChI=1S/C16H27NO2/c1-16(2,3)15(17-4)11-10-12-13(18-5)8-7-9-14(12)19-6/h7-9,15,17H,10-11H2,1-6H3. The van der Waals surface area contributed by atoms with Crippen LogP contribution < -0.4 is 14.8 Å². The summed E-state index contributed by atoms with van der Waals surface area (Å²) < 4.78 is 10.9. The Morgan fingerprint density at radius 1 is 1.11 bits per heavy atom. The average Bonchev–Trinajstić information content (AvgIpc) is 2.37. The molecule has 0 aromatic heterocycles. The molecule has 19 heavy (non-hydrogen) atoms. The third-order valence-corrected chi connectivity index (χ3v) is 3.61. The van der Waals surface area contributed by atoms with Crippen LogP contribution in [0.5, 0.6) is 11.5 Å². The number of rotatable bonds is 6. The minimum atomic E-state index is 0.240. The van der Waals surface area contributed by atoms with Gasteiger partial charge in [-0.25, -0.2) is 0 Å². The van der Waals surface area contributed by atoms with E-state index in [0.29, 0.717) is 6.04 Å². The molecule has 0 saturated heterocycles. The molecule has 3 heteroatoms. The van der Waals surface area contributed by atoms with Crippen molar-refractivity contribution in [1.82, 2.24) is 5.32 Å². The van der Waals surface area contributed by atoms with Gasteiger partial charge in [0, 0.05) is 11.6 Å². The lowest BCUT2D eigenvalue weighted by atomic mass is 9.83. The first kappa shape index (κ1) is 15.8. The SMILES string of the molecule is CNC(CCc1c(OC)cccc1OC)C(C)(C)C. The number of ether oxygens (including phenoxy) is 2. The zero-order valence-corrected chi connectivity index (χ0v) is 13.0. The Morgan fingerprint density at radius 3 is 2.00 bits per heavy atom. The molecule has 0 saturated carbocycles. The van der Waals surface area contributed by atoms with Crippen molar-refractivity contribution in [1.29, 1.82) is 0 Å². The van der Waals surface area contributed by atoms with Gasteiger partial charge in [0.2, 0.25) is 0 Å². The topological polar surface area (TPSA) is 30.5 Å². The number of hydrogen-bond donors (Lipinski definition) is 1. The molecule has 0 amide bonds. The van der Waals surface area contributed by atoms with E-state index in [0.717, 1.165) is 29.9 Å². The molecule has 1 aromatic rings. The third-order valence-electron chi connectivity index (χ3n) is 3.61. The van der Waals surface area contributed by atoms with Gasteiger partial charge >= 0.3 is 0 Å². The Bertz CT molecular complexity index is 374. The highest BCUT2D eigenvalue weighted by atomic mass is 16.5. The molecule has 1 rings (SSSR count). The van der Waals surface area contributed by atoms with Crippen LogP contribution in [0.1, 0.15) is 32.8 Å². The van der Waals surface area contributed by atoms with Gasteiger partial charge in [-0.3, -0.25) is 0 Å². The summed E-state index contributed by atoms with van der Waals surface area (Å²) in [6.07, 6.45) is 1.99. The van der Waals surface area contributed by atoms with Gasteiger partial charge in [-0.2, -0.15) is 0 Å². The van der Waals surface area contributed by atoms with Crippen molar-refractivity contribution in [2.24, 2.45) is 5.41 Å². The summed E-state index contributed by atoms with van der Waals surface area (Å²) in [4.78, 5) is 0. The number of methoxy groups -OCH3 is 2. The van der Waals surface area contributed by atoms with Crippen LogP contribution in [0.2, 0.25) is 0 Å². The fourth-order valence-corrected chi connectivity index (χ4v) is 2.47. The fraction of sp³-hybridized carbons (Fsp3) is 0.625. The minimum absolute atomic E-state index is 0.240. The Balaban J connectivity index is 2.87. The smallest absolute Gasteiger partial charge is 0.125 e. The Labute approximate surface area is 117 Å². The van der Waals surface area contributed by atoms with Gasteiger partial charge in [0.15, 0.2) is 0 Å². The van der Waals surface area contributed by atoms with Gasteiger partial charge in [-0.1, -0.05) is 26.8 Å². The molecular formula is C16H27NO2. The molecule has 0 aliphatic heterocycles. The predicted molar refractivity (Wildman–Crippen MR) is 80.2 cm³/mol. The van der Waals surface area contributed by atoms with E-state index in [1.54, 1.807) is 14.2 Å². The fourth-order valence-electron chi connectivity index (χ4n) is 2.47. The van der Waals surface area contributed by atoms with Gasteiger partial charge in [0.1, 0.15) is 11.5 Å².